The number of aromatic nitrogens is 2. The van der Waals surface area contributed by atoms with Gasteiger partial charge >= 0.3 is 6.03 Å². The van der Waals surface area contributed by atoms with E-state index in [4.69, 9.17) is 4.74 Å². The molecular formula is C24H22N4O2S2. The molecule has 0 unspecified atom stereocenters. The molecule has 2 aromatic carbocycles. The molecule has 0 saturated carbocycles. The monoisotopic (exact) mass is 462 g/mol. The van der Waals surface area contributed by atoms with Crippen LogP contribution < -0.4 is 15.4 Å². The lowest BCUT2D eigenvalue weighted by Gasteiger charge is -2.10. The Morgan fingerprint density at radius 3 is 2.72 bits per heavy atom. The van der Waals surface area contributed by atoms with Crippen molar-refractivity contribution in [3.63, 3.8) is 0 Å². The van der Waals surface area contributed by atoms with E-state index in [1.165, 1.54) is 0 Å². The predicted molar refractivity (Wildman–Crippen MR) is 128 cm³/mol. The molecule has 0 radical (unpaired) electrons. The minimum Gasteiger partial charge on any atom is -0.487 e. The second-order valence-electron chi connectivity index (χ2n) is 6.95. The van der Waals surface area contributed by atoms with Crippen molar-refractivity contribution < 1.29 is 9.53 Å². The average molecular weight is 463 g/mol. The van der Waals surface area contributed by atoms with Gasteiger partial charge in [-0.3, -0.25) is 4.98 Å². The molecule has 2 N–H and O–H groups in total. The zero-order valence-electron chi connectivity index (χ0n) is 17.4. The van der Waals surface area contributed by atoms with Gasteiger partial charge in [-0.15, -0.1) is 11.3 Å². The van der Waals surface area contributed by atoms with Gasteiger partial charge in [-0.2, -0.15) is 0 Å². The van der Waals surface area contributed by atoms with Crippen molar-refractivity contribution in [2.75, 3.05) is 5.32 Å². The number of nitrogens with zero attached hydrogens (tertiary/aromatic N) is 2. The van der Waals surface area contributed by atoms with Crippen molar-refractivity contribution in [3.05, 3.63) is 95.3 Å². The molecule has 8 heteroatoms. The minimum atomic E-state index is -0.263. The summed E-state index contributed by atoms with van der Waals surface area (Å²) in [4.78, 5) is 22.1. The number of carbonyl (C=O) groups is 1. The summed E-state index contributed by atoms with van der Waals surface area (Å²) in [5, 5.41) is 7.76. The largest absolute Gasteiger partial charge is 0.487 e. The summed E-state index contributed by atoms with van der Waals surface area (Å²) in [6, 6.07) is 20.8. The normalized spacial score (nSPS) is 10.5. The van der Waals surface area contributed by atoms with Crippen LogP contribution in [-0.4, -0.2) is 16.0 Å². The Morgan fingerprint density at radius 2 is 1.97 bits per heavy atom. The van der Waals surface area contributed by atoms with Gasteiger partial charge in [0.05, 0.1) is 5.69 Å². The fourth-order valence-corrected chi connectivity index (χ4v) is 4.64. The van der Waals surface area contributed by atoms with Crippen molar-refractivity contribution >= 4 is 34.8 Å². The van der Waals surface area contributed by atoms with E-state index >= 15 is 0 Å². The molecule has 0 aliphatic heterocycles. The third kappa shape index (κ3) is 6.57. The number of ether oxygens (including phenoxy) is 1. The Kier molecular flexibility index (Phi) is 7.37. The van der Waals surface area contributed by atoms with Crippen molar-refractivity contribution in [1.82, 2.24) is 15.3 Å². The number of rotatable bonds is 8. The van der Waals surface area contributed by atoms with Gasteiger partial charge in [-0.1, -0.05) is 30.0 Å². The maximum atomic E-state index is 12.3. The number of carbonyl (C=O) groups excluding carboxylic acids is 1. The number of pyridine rings is 1. The Hall–Kier alpha value is -3.36. The lowest BCUT2D eigenvalue weighted by Crippen LogP contribution is -2.28. The summed E-state index contributed by atoms with van der Waals surface area (Å²) < 4.78 is 6.80. The SMILES string of the molecule is Cc1csc(Sc2ccc(NC(=O)NCc3cccc(OCc4ccccn4)c3)cc2)n1. The molecule has 0 spiro atoms. The smallest absolute Gasteiger partial charge is 0.319 e. The molecular weight excluding hydrogens is 440 g/mol. The van der Waals surface area contributed by atoms with Gasteiger partial charge in [-0.25, -0.2) is 9.78 Å². The molecule has 2 heterocycles. The molecule has 0 aliphatic carbocycles. The van der Waals surface area contributed by atoms with Crippen LogP contribution in [0.2, 0.25) is 0 Å². The van der Waals surface area contributed by atoms with Crippen molar-refractivity contribution in [2.45, 2.75) is 29.3 Å². The van der Waals surface area contributed by atoms with Crippen LogP contribution in [0.4, 0.5) is 10.5 Å². The first-order valence-corrected chi connectivity index (χ1v) is 11.7. The van der Waals surface area contributed by atoms with E-state index < -0.39 is 0 Å². The van der Waals surface area contributed by atoms with E-state index in [0.717, 1.165) is 37.6 Å². The first-order chi connectivity index (χ1) is 15.6. The highest BCUT2D eigenvalue weighted by atomic mass is 32.2. The molecule has 6 nitrogen and oxygen atoms in total. The molecule has 2 aromatic heterocycles. The lowest BCUT2D eigenvalue weighted by molar-refractivity contribution is 0.251. The number of aryl methyl sites for hydroxylation is 1. The molecule has 0 saturated heterocycles. The van der Waals surface area contributed by atoms with Gasteiger partial charge < -0.3 is 15.4 Å². The van der Waals surface area contributed by atoms with E-state index in [0.29, 0.717) is 13.2 Å². The number of hydrogen-bond acceptors (Lipinski definition) is 6. The Labute approximate surface area is 195 Å². The molecule has 4 rings (SSSR count). The fourth-order valence-electron chi connectivity index (χ4n) is 2.83. The topological polar surface area (TPSA) is 76.1 Å². The van der Waals surface area contributed by atoms with E-state index in [9.17, 15) is 4.79 Å². The number of anilines is 1. The number of hydrogen-bond donors (Lipinski definition) is 2. The third-order valence-electron chi connectivity index (χ3n) is 4.38. The summed E-state index contributed by atoms with van der Waals surface area (Å²) in [7, 11) is 0. The van der Waals surface area contributed by atoms with Crippen molar-refractivity contribution in [2.24, 2.45) is 0 Å². The first kappa shape index (κ1) is 21.9. The van der Waals surface area contributed by atoms with E-state index in [-0.39, 0.29) is 6.03 Å². The third-order valence-corrected chi connectivity index (χ3v) is 6.44. The highest BCUT2D eigenvalue weighted by molar-refractivity contribution is 8.01. The van der Waals surface area contributed by atoms with Gasteiger partial charge in [0, 0.05) is 34.4 Å². The Bertz CT molecular complexity index is 1160. The van der Waals surface area contributed by atoms with Crippen LogP contribution in [0.3, 0.4) is 0 Å². The van der Waals surface area contributed by atoms with E-state index in [1.807, 2.05) is 79.0 Å². The zero-order chi connectivity index (χ0) is 22.2. The molecule has 0 atom stereocenters. The Balaban J connectivity index is 1.24. The first-order valence-electron chi connectivity index (χ1n) is 10.0. The van der Waals surface area contributed by atoms with Crippen molar-refractivity contribution in [1.29, 1.82) is 0 Å². The summed E-state index contributed by atoms with van der Waals surface area (Å²) in [6.07, 6.45) is 1.74. The highest BCUT2D eigenvalue weighted by Gasteiger charge is 2.05. The van der Waals surface area contributed by atoms with Gasteiger partial charge in [0.15, 0.2) is 4.34 Å². The number of urea groups is 1. The van der Waals surface area contributed by atoms with Gasteiger partial charge in [0.25, 0.3) is 0 Å². The second-order valence-corrected chi connectivity index (χ2v) is 9.12. The molecule has 0 fully saturated rings. The molecule has 0 aliphatic rings. The molecule has 32 heavy (non-hydrogen) atoms. The second kappa shape index (κ2) is 10.8. The van der Waals surface area contributed by atoms with Gasteiger partial charge in [-0.05, 0) is 61.0 Å². The van der Waals surface area contributed by atoms with Crippen LogP contribution in [0.25, 0.3) is 0 Å². The lowest BCUT2D eigenvalue weighted by atomic mass is 10.2. The minimum absolute atomic E-state index is 0.263. The Morgan fingerprint density at radius 1 is 1.09 bits per heavy atom. The molecule has 4 aromatic rings. The van der Waals surface area contributed by atoms with Gasteiger partial charge in [0.2, 0.25) is 0 Å². The molecule has 162 valence electrons. The van der Waals surface area contributed by atoms with Crippen LogP contribution in [0, 0.1) is 6.92 Å². The number of nitrogens with one attached hydrogen (secondary N) is 2. The number of amides is 2. The standard InChI is InChI=1S/C24H22N4O2S2/c1-17-16-31-24(27-17)32-22-10-8-19(9-11-22)28-23(29)26-14-18-5-4-7-21(13-18)30-15-20-6-2-3-12-25-20/h2-13,16H,14-15H2,1H3,(H2,26,28,29). The molecule has 0 bridgehead atoms. The van der Waals surface area contributed by atoms with Crippen molar-refractivity contribution in [3.8, 4) is 5.75 Å². The van der Waals surface area contributed by atoms with Crippen LogP contribution in [0.15, 0.2) is 87.5 Å². The maximum absolute atomic E-state index is 12.3. The zero-order valence-corrected chi connectivity index (χ0v) is 19.1. The van der Waals surface area contributed by atoms with Crippen LogP contribution in [0.1, 0.15) is 17.0 Å². The van der Waals surface area contributed by atoms with Crippen LogP contribution >= 0.6 is 23.1 Å². The van der Waals surface area contributed by atoms with Crippen LogP contribution in [-0.2, 0) is 13.2 Å². The highest BCUT2D eigenvalue weighted by Crippen LogP contribution is 2.30. The number of benzene rings is 2. The fraction of sp³-hybridized carbons (Fsp3) is 0.125. The quantitative estimate of drug-likeness (QED) is 0.341. The number of thiazole rings is 1. The summed E-state index contributed by atoms with van der Waals surface area (Å²) in [6.45, 7) is 2.77. The van der Waals surface area contributed by atoms with E-state index in [2.05, 4.69) is 20.6 Å². The summed E-state index contributed by atoms with van der Waals surface area (Å²) >= 11 is 3.24. The summed E-state index contributed by atoms with van der Waals surface area (Å²) in [5.41, 5.74) is 3.57. The molecule has 2 amide bonds. The van der Waals surface area contributed by atoms with E-state index in [1.54, 1.807) is 29.3 Å². The maximum Gasteiger partial charge on any atom is 0.319 e. The summed E-state index contributed by atoms with van der Waals surface area (Å²) in [5.74, 6) is 0.735. The van der Waals surface area contributed by atoms with Gasteiger partial charge in [0.1, 0.15) is 12.4 Å². The van der Waals surface area contributed by atoms with Crippen LogP contribution in [0.5, 0.6) is 5.75 Å². The average Bonchev–Trinajstić information content (AvgIpc) is 3.23. The predicted octanol–water partition coefficient (Wildman–Crippen LogP) is 5.90.